The van der Waals surface area contributed by atoms with Gasteiger partial charge in [0.1, 0.15) is 5.75 Å². The first kappa shape index (κ1) is 11.1. The Bertz CT molecular complexity index is 415. The van der Waals surface area contributed by atoms with Crippen molar-refractivity contribution in [1.82, 2.24) is 0 Å². The smallest absolute Gasteiger partial charge is 0.122 e. The maximum absolute atomic E-state index is 9.70. The molecule has 3 atom stereocenters. The van der Waals surface area contributed by atoms with E-state index < -0.39 is 0 Å². The van der Waals surface area contributed by atoms with Crippen LogP contribution in [0.25, 0.3) is 0 Å². The maximum atomic E-state index is 9.70. The summed E-state index contributed by atoms with van der Waals surface area (Å²) in [4.78, 5) is 0. The largest absolute Gasteiger partial charge is 0.493 e. The Hall–Kier alpha value is -1.02. The Morgan fingerprint density at radius 1 is 1.41 bits per heavy atom. The Balaban J connectivity index is 1.75. The topological polar surface area (TPSA) is 29.5 Å². The van der Waals surface area contributed by atoms with Crippen LogP contribution >= 0.6 is 0 Å². The molecule has 0 radical (unpaired) electrons. The van der Waals surface area contributed by atoms with E-state index in [1.807, 2.05) is 6.07 Å². The van der Waals surface area contributed by atoms with Crippen molar-refractivity contribution in [2.45, 2.75) is 44.6 Å². The van der Waals surface area contributed by atoms with E-state index in [0.717, 1.165) is 38.0 Å². The Labute approximate surface area is 103 Å². The molecule has 92 valence electrons. The van der Waals surface area contributed by atoms with Crippen molar-refractivity contribution in [2.24, 2.45) is 5.41 Å². The van der Waals surface area contributed by atoms with Gasteiger partial charge in [-0.25, -0.2) is 0 Å². The number of para-hydroxylation sites is 1. The summed E-state index contributed by atoms with van der Waals surface area (Å²) in [5.74, 6) is 1.57. The molecule has 1 aromatic rings. The van der Waals surface area contributed by atoms with Gasteiger partial charge in [-0.1, -0.05) is 25.1 Å². The van der Waals surface area contributed by atoms with E-state index in [2.05, 4.69) is 25.1 Å². The Morgan fingerprint density at radius 2 is 2.24 bits per heavy atom. The van der Waals surface area contributed by atoms with Crippen molar-refractivity contribution < 1.29 is 9.84 Å². The first-order valence-corrected chi connectivity index (χ1v) is 6.56. The molecule has 0 amide bonds. The predicted octanol–water partition coefficient (Wildman–Crippen LogP) is 3.10. The number of hydrogen-bond donors (Lipinski definition) is 1. The van der Waals surface area contributed by atoms with Gasteiger partial charge in [-0.2, -0.15) is 0 Å². The summed E-state index contributed by atoms with van der Waals surface area (Å²) < 4.78 is 5.73. The van der Waals surface area contributed by atoms with Crippen LogP contribution < -0.4 is 4.74 Å². The van der Waals surface area contributed by atoms with Crippen LogP contribution in [0.5, 0.6) is 5.75 Å². The van der Waals surface area contributed by atoms with Gasteiger partial charge in [0.2, 0.25) is 0 Å². The monoisotopic (exact) mass is 232 g/mol. The minimum Gasteiger partial charge on any atom is -0.493 e. The van der Waals surface area contributed by atoms with Gasteiger partial charge in [-0.15, -0.1) is 0 Å². The summed E-state index contributed by atoms with van der Waals surface area (Å²) in [6, 6.07) is 8.36. The SMILES string of the molecule is CC1(CC2COc3ccccc32)CCC(O)C1. The molecule has 1 fully saturated rings. The number of hydrogen-bond acceptors (Lipinski definition) is 2. The second-order valence-corrected chi connectivity index (χ2v) is 5.96. The quantitative estimate of drug-likeness (QED) is 0.849. The minimum atomic E-state index is -0.0856. The second kappa shape index (κ2) is 4.02. The lowest BCUT2D eigenvalue weighted by Gasteiger charge is -2.26. The fourth-order valence-electron chi connectivity index (χ4n) is 3.47. The van der Waals surface area contributed by atoms with Gasteiger partial charge in [0, 0.05) is 11.5 Å². The number of fused-ring (bicyclic) bond motifs is 1. The predicted molar refractivity (Wildman–Crippen MR) is 67.3 cm³/mol. The second-order valence-electron chi connectivity index (χ2n) is 5.96. The maximum Gasteiger partial charge on any atom is 0.122 e. The summed E-state index contributed by atoms with van der Waals surface area (Å²) in [6.07, 6.45) is 4.11. The highest BCUT2D eigenvalue weighted by atomic mass is 16.5. The molecule has 2 aliphatic rings. The zero-order chi connectivity index (χ0) is 11.9. The van der Waals surface area contributed by atoms with E-state index in [-0.39, 0.29) is 6.10 Å². The molecule has 1 saturated carbocycles. The zero-order valence-electron chi connectivity index (χ0n) is 10.4. The van der Waals surface area contributed by atoms with Crippen LogP contribution in [0.15, 0.2) is 24.3 Å². The fourth-order valence-corrected chi connectivity index (χ4v) is 3.47. The first-order valence-electron chi connectivity index (χ1n) is 6.56. The Kier molecular flexibility index (Phi) is 2.62. The summed E-state index contributed by atoms with van der Waals surface area (Å²) >= 11 is 0. The highest BCUT2D eigenvalue weighted by molar-refractivity contribution is 5.39. The van der Waals surface area contributed by atoms with Crippen molar-refractivity contribution in [2.75, 3.05) is 6.61 Å². The minimum absolute atomic E-state index is 0.0856. The molecule has 0 aromatic heterocycles. The molecule has 1 aliphatic carbocycles. The van der Waals surface area contributed by atoms with Crippen LogP contribution in [0.4, 0.5) is 0 Å². The molecule has 1 aromatic carbocycles. The van der Waals surface area contributed by atoms with Gasteiger partial charge in [0.05, 0.1) is 12.7 Å². The highest BCUT2D eigenvalue weighted by Crippen LogP contribution is 2.47. The molecule has 1 aliphatic heterocycles. The van der Waals surface area contributed by atoms with E-state index in [1.165, 1.54) is 5.56 Å². The summed E-state index contributed by atoms with van der Waals surface area (Å²) in [6.45, 7) is 3.12. The first-order chi connectivity index (χ1) is 8.16. The zero-order valence-corrected chi connectivity index (χ0v) is 10.4. The van der Waals surface area contributed by atoms with E-state index in [1.54, 1.807) is 0 Å². The van der Waals surface area contributed by atoms with Crippen LogP contribution in [0.3, 0.4) is 0 Å². The molecule has 1 N–H and O–H groups in total. The average molecular weight is 232 g/mol. The molecular weight excluding hydrogens is 212 g/mol. The van der Waals surface area contributed by atoms with E-state index >= 15 is 0 Å². The van der Waals surface area contributed by atoms with Crippen LogP contribution in [-0.4, -0.2) is 17.8 Å². The molecule has 0 spiro atoms. The van der Waals surface area contributed by atoms with Gasteiger partial charge >= 0.3 is 0 Å². The van der Waals surface area contributed by atoms with Crippen LogP contribution in [0, 0.1) is 5.41 Å². The lowest BCUT2D eigenvalue weighted by atomic mass is 9.78. The van der Waals surface area contributed by atoms with E-state index in [0.29, 0.717) is 11.3 Å². The lowest BCUT2D eigenvalue weighted by Crippen LogP contribution is -2.18. The fraction of sp³-hybridized carbons (Fsp3) is 0.600. The molecule has 1 heterocycles. The lowest BCUT2D eigenvalue weighted by molar-refractivity contribution is 0.155. The third-order valence-corrected chi connectivity index (χ3v) is 4.35. The van der Waals surface area contributed by atoms with Crippen molar-refractivity contribution in [1.29, 1.82) is 0 Å². The summed E-state index contributed by atoms with van der Waals surface area (Å²) in [5, 5.41) is 9.70. The summed E-state index contributed by atoms with van der Waals surface area (Å²) in [5.41, 5.74) is 1.65. The molecule has 3 unspecified atom stereocenters. The Morgan fingerprint density at radius 3 is 3.00 bits per heavy atom. The third kappa shape index (κ3) is 2.06. The van der Waals surface area contributed by atoms with Crippen molar-refractivity contribution in [3.63, 3.8) is 0 Å². The van der Waals surface area contributed by atoms with Crippen molar-refractivity contribution >= 4 is 0 Å². The average Bonchev–Trinajstić information content (AvgIpc) is 2.85. The van der Waals surface area contributed by atoms with E-state index in [4.69, 9.17) is 4.74 Å². The summed E-state index contributed by atoms with van der Waals surface area (Å²) in [7, 11) is 0. The normalized spacial score (nSPS) is 35.6. The number of aliphatic hydroxyl groups is 1. The van der Waals surface area contributed by atoms with Gasteiger partial charge in [-0.05, 0) is 37.2 Å². The van der Waals surface area contributed by atoms with Gasteiger partial charge < -0.3 is 9.84 Å². The molecular formula is C15H20O2. The van der Waals surface area contributed by atoms with Gasteiger partial charge in [0.15, 0.2) is 0 Å². The molecule has 3 rings (SSSR count). The van der Waals surface area contributed by atoms with Crippen LogP contribution in [-0.2, 0) is 0 Å². The van der Waals surface area contributed by atoms with Gasteiger partial charge in [-0.3, -0.25) is 0 Å². The highest BCUT2D eigenvalue weighted by Gasteiger charge is 2.38. The van der Waals surface area contributed by atoms with Crippen LogP contribution in [0.2, 0.25) is 0 Å². The molecule has 2 heteroatoms. The number of benzene rings is 1. The third-order valence-electron chi connectivity index (χ3n) is 4.35. The standard InChI is InChI=1S/C15H20O2/c1-15(7-6-12(16)9-15)8-11-10-17-14-5-3-2-4-13(11)14/h2-5,11-12,16H,6-10H2,1H3. The molecule has 17 heavy (non-hydrogen) atoms. The van der Waals surface area contributed by atoms with E-state index in [9.17, 15) is 5.11 Å². The number of rotatable bonds is 2. The molecule has 0 saturated heterocycles. The number of ether oxygens (including phenoxy) is 1. The van der Waals surface area contributed by atoms with Crippen molar-refractivity contribution in [3.05, 3.63) is 29.8 Å². The van der Waals surface area contributed by atoms with Crippen molar-refractivity contribution in [3.8, 4) is 5.75 Å². The molecule has 0 bridgehead atoms. The van der Waals surface area contributed by atoms with Gasteiger partial charge in [0.25, 0.3) is 0 Å². The number of aliphatic hydroxyl groups excluding tert-OH is 1. The van der Waals surface area contributed by atoms with Crippen LogP contribution in [0.1, 0.15) is 44.1 Å². The molecule has 2 nitrogen and oxygen atoms in total.